The molecule has 2 rings (SSSR count). The van der Waals surface area contributed by atoms with Gasteiger partial charge in [0.25, 0.3) is 5.91 Å². The third-order valence-electron chi connectivity index (χ3n) is 2.95. The molecular weight excluding hydrogens is 264 g/mol. The molecule has 0 aliphatic rings. The van der Waals surface area contributed by atoms with Crippen LogP contribution in [0.1, 0.15) is 10.4 Å². The predicted molar refractivity (Wildman–Crippen MR) is 72.1 cm³/mol. The third kappa shape index (κ3) is 2.61. The summed E-state index contributed by atoms with van der Waals surface area (Å²) < 4.78 is 31.8. The number of hydrogen-bond donors (Lipinski definition) is 0. The monoisotopic (exact) mass is 277 g/mol. The summed E-state index contributed by atoms with van der Waals surface area (Å²) in [6.07, 6.45) is 0. The lowest BCUT2D eigenvalue weighted by molar-refractivity contribution is 0.0988. The lowest BCUT2D eigenvalue weighted by Crippen LogP contribution is -2.27. The highest BCUT2D eigenvalue weighted by atomic mass is 19.2. The topological polar surface area (TPSA) is 29.5 Å². The zero-order valence-corrected chi connectivity index (χ0v) is 11.1. The largest absolute Gasteiger partial charge is 0.497 e. The van der Waals surface area contributed by atoms with Crippen molar-refractivity contribution >= 4 is 11.6 Å². The van der Waals surface area contributed by atoms with Crippen LogP contribution in [0.5, 0.6) is 5.75 Å². The van der Waals surface area contributed by atoms with Crippen LogP contribution in [0.4, 0.5) is 14.5 Å². The van der Waals surface area contributed by atoms with Gasteiger partial charge < -0.3 is 9.64 Å². The number of ether oxygens (including phenoxy) is 1. The molecule has 0 unspecified atom stereocenters. The van der Waals surface area contributed by atoms with Gasteiger partial charge in [0, 0.05) is 12.7 Å². The van der Waals surface area contributed by atoms with Crippen molar-refractivity contribution in [3.8, 4) is 5.75 Å². The summed E-state index contributed by atoms with van der Waals surface area (Å²) in [6.45, 7) is 0. The van der Waals surface area contributed by atoms with Crippen LogP contribution in [-0.4, -0.2) is 20.1 Å². The molecule has 0 aromatic heterocycles. The number of hydrogen-bond acceptors (Lipinski definition) is 2. The van der Waals surface area contributed by atoms with Crippen LogP contribution in [0.15, 0.2) is 42.5 Å². The minimum Gasteiger partial charge on any atom is -0.497 e. The van der Waals surface area contributed by atoms with E-state index < -0.39 is 17.5 Å². The summed E-state index contributed by atoms with van der Waals surface area (Å²) in [5.74, 6) is -2.16. The van der Waals surface area contributed by atoms with Gasteiger partial charge in [-0.1, -0.05) is 6.07 Å². The number of anilines is 1. The molecule has 0 aliphatic heterocycles. The number of methoxy groups -OCH3 is 1. The van der Waals surface area contributed by atoms with Crippen molar-refractivity contribution in [2.75, 3.05) is 19.1 Å². The molecule has 0 spiro atoms. The van der Waals surface area contributed by atoms with Crippen molar-refractivity contribution < 1.29 is 18.3 Å². The molecule has 0 heterocycles. The van der Waals surface area contributed by atoms with Gasteiger partial charge in [0.1, 0.15) is 5.75 Å². The van der Waals surface area contributed by atoms with E-state index in [-0.39, 0.29) is 5.56 Å². The maximum absolute atomic E-state index is 13.6. The quantitative estimate of drug-likeness (QED) is 0.862. The Bertz CT molecular complexity index is 626. The van der Waals surface area contributed by atoms with Gasteiger partial charge in [0.2, 0.25) is 0 Å². The standard InChI is InChI=1S/C15H13F2NO2/c1-18(10-6-8-11(20-2)9-7-10)15(19)12-4-3-5-13(16)14(12)17/h3-9H,1-2H3. The first-order valence-electron chi connectivity index (χ1n) is 5.90. The minimum atomic E-state index is -1.14. The molecule has 5 heteroatoms. The Morgan fingerprint density at radius 2 is 1.75 bits per heavy atom. The average Bonchev–Trinajstić information content (AvgIpc) is 2.48. The van der Waals surface area contributed by atoms with E-state index >= 15 is 0 Å². The highest BCUT2D eigenvalue weighted by Crippen LogP contribution is 2.21. The highest BCUT2D eigenvalue weighted by molar-refractivity contribution is 6.05. The number of halogens is 2. The van der Waals surface area contributed by atoms with Gasteiger partial charge >= 0.3 is 0 Å². The fourth-order valence-corrected chi connectivity index (χ4v) is 1.77. The number of carbonyl (C=O) groups is 1. The lowest BCUT2D eigenvalue weighted by atomic mass is 10.1. The highest BCUT2D eigenvalue weighted by Gasteiger charge is 2.19. The van der Waals surface area contributed by atoms with Crippen molar-refractivity contribution in [2.45, 2.75) is 0 Å². The first kappa shape index (κ1) is 14.0. The SMILES string of the molecule is COc1ccc(N(C)C(=O)c2cccc(F)c2F)cc1. The van der Waals surface area contributed by atoms with E-state index in [1.54, 1.807) is 24.3 Å². The Balaban J connectivity index is 2.29. The fourth-order valence-electron chi connectivity index (χ4n) is 1.77. The maximum Gasteiger partial charge on any atom is 0.261 e. The van der Waals surface area contributed by atoms with Crippen molar-refractivity contribution in [1.82, 2.24) is 0 Å². The molecule has 20 heavy (non-hydrogen) atoms. The van der Waals surface area contributed by atoms with Gasteiger partial charge in [-0.15, -0.1) is 0 Å². The van der Waals surface area contributed by atoms with Gasteiger partial charge in [-0.3, -0.25) is 4.79 Å². The summed E-state index contributed by atoms with van der Waals surface area (Å²) in [7, 11) is 3.03. The first-order valence-corrected chi connectivity index (χ1v) is 5.90. The maximum atomic E-state index is 13.6. The van der Waals surface area contributed by atoms with E-state index in [1.807, 2.05) is 0 Å². The van der Waals surface area contributed by atoms with E-state index in [1.165, 1.54) is 31.2 Å². The van der Waals surface area contributed by atoms with Crippen LogP contribution in [0.3, 0.4) is 0 Å². The smallest absolute Gasteiger partial charge is 0.261 e. The number of rotatable bonds is 3. The van der Waals surface area contributed by atoms with Gasteiger partial charge in [-0.2, -0.15) is 0 Å². The van der Waals surface area contributed by atoms with Crippen LogP contribution >= 0.6 is 0 Å². The third-order valence-corrected chi connectivity index (χ3v) is 2.95. The zero-order chi connectivity index (χ0) is 14.7. The van der Waals surface area contributed by atoms with Crippen molar-refractivity contribution in [3.63, 3.8) is 0 Å². The van der Waals surface area contributed by atoms with Crippen molar-refractivity contribution in [2.24, 2.45) is 0 Å². The van der Waals surface area contributed by atoms with E-state index in [2.05, 4.69) is 0 Å². The Labute approximate surface area is 115 Å². The number of benzene rings is 2. The zero-order valence-electron chi connectivity index (χ0n) is 11.1. The molecule has 3 nitrogen and oxygen atoms in total. The molecule has 0 aliphatic carbocycles. The molecule has 0 bridgehead atoms. The van der Waals surface area contributed by atoms with Crippen molar-refractivity contribution in [1.29, 1.82) is 0 Å². The van der Waals surface area contributed by atoms with Gasteiger partial charge in [0.15, 0.2) is 11.6 Å². The van der Waals surface area contributed by atoms with E-state index in [9.17, 15) is 13.6 Å². The second kappa shape index (κ2) is 5.69. The minimum absolute atomic E-state index is 0.302. The summed E-state index contributed by atoms with van der Waals surface area (Å²) in [5, 5.41) is 0. The van der Waals surface area contributed by atoms with E-state index in [0.717, 1.165) is 6.07 Å². The molecule has 2 aromatic rings. The van der Waals surface area contributed by atoms with E-state index in [4.69, 9.17) is 4.74 Å². The van der Waals surface area contributed by atoms with Crippen LogP contribution in [-0.2, 0) is 0 Å². The summed E-state index contributed by atoms with van der Waals surface area (Å²) in [6, 6.07) is 10.2. The second-order valence-corrected chi connectivity index (χ2v) is 4.16. The lowest BCUT2D eigenvalue weighted by Gasteiger charge is -2.18. The Morgan fingerprint density at radius 1 is 1.10 bits per heavy atom. The molecule has 104 valence electrons. The molecule has 0 atom stereocenters. The molecule has 0 saturated heterocycles. The predicted octanol–water partition coefficient (Wildman–Crippen LogP) is 3.25. The van der Waals surface area contributed by atoms with Crippen molar-refractivity contribution in [3.05, 3.63) is 59.7 Å². The van der Waals surface area contributed by atoms with Crippen LogP contribution in [0.2, 0.25) is 0 Å². The molecule has 0 N–H and O–H groups in total. The summed E-state index contributed by atoms with van der Waals surface area (Å²) in [4.78, 5) is 13.4. The normalized spacial score (nSPS) is 10.2. The Morgan fingerprint density at radius 3 is 2.35 bits per heavy atom. The Hall–Kier alpha value is -2.43. The molecule has 2 aromatic carbocycles. The Kier molecular flexibility index (Phi) is 3.98. The van der Waals surface area contributed by atoms with E-state index in [0.29, 0.717) is 11.4 Å². The van der Waals surface area contributed by atoms with Gasteiger partial charge in [-0.05, 0) is 36.4 Å². The molecule has 0 radical (unpaired) electrons. The average molecular weight is 277 g/mol. The molecule has 0 saturated carbocycles. The van der Waals surface area contributed by atoms with Gasteiger partial charge in [0.05, 0.1) is 12.7 Å². The van der Waals surface area contributed by atoms with Gasteiger partial charge in [-0.25, -0.2) is 8.78 Å². The second-order valence-electron chi connectivity index (χ2n) is 4.16. The number of carbonyl (C=O) groups excluding carboxylic acids is 1. The number of amides is 1. The van der Waals surface area contributed by atoms with Crippen LogP contribution in [0, 0.1) is 11.6 Å². The molecule has 0 fully saturated rings. The van der Waals surface area contributed by atoms with Crippen LogP contribution in [0.25, 0.3) is 0 Å². The summed E-state index contributed by atoms with van der Waals surface area (Å²) in [5.41, 5.74) is 0.253. The number of nitrogens with zero attached hydrogens (tertiary/aromatic N) is 1. The molecule has 1 amide bonds. The first-order chi connectivity index (χ1) is 9.54. The molecular formula is C15H13F2NO2. The fraction of sp³-hybridized carbons (Fsp3) is 0.133. The van der Waals surface area contributed by atoms with Crippen LogP contribution < -0.4 is 9.64 Å². The summed E-state index contributed by atoms with van der Waals surface area (Å²) >= 11 is 0.